The molecule has 0 amide bonds. The molecule has 0 aliphatic carbocycles. The molecule has 148 valence electrons. The second kappa shape index (κ2) is 8.39. The van der Waals surface area contributed by atoms with Crippen LogP contribution < -0.4 is 5.56 Å². The van der Waals surface area contributed by atoms with E-state index in [0.717, 1.165) is 31.8 Å². The number of fused-ring (bicyclic) bond motifs is 1. The van der Waals surface area contributed by atoms with E-state index >= 15 is 0 Å². The molecule has 0 bridgehead atoms. The van der Waals surface area contributed by atoms with Crippen molar-refractivity contribution in [2.24, 2.45) is 11.8 Å². The van der Waals surface area contributed by atoms with Gasteiger partial charge in [-0.1, -0.05) is 27.2 Å². The van der Waals surface area contributed by atoms with Crippen molar-refractivity contribution in [2.45, 2.75) is 59.5 Å². The second-order valence-corrected chi connectivity index (χ2v) is 8.86. The van der Waals surface area contributed by atoms with Crippen molar-refractivity contribution in [3.63, 3.8) is 0 Å². The van der Waals surface area contributed by atoms with E-state index in [0.29, 0.717) is 33.8 Å². The van der Waals surface area contributed by atoms with Crippen LogP contribution in [0.5, 0.6) is 0 Å². The predicted octanol–water partition coefficient (Wildman–Crippen LogP) is 5.14. The van der Waals surface area contributed by atoms with Crippen LogP contribution in [0.2, 0.25) is 0 Å². The average Bonchev–Trinajstić information content (AvgIpc) is 2.60. The number of rotatable bonds is 5. The maximum absolute atomic E-state index is 14.1. The minimum absolute atomic E-state index is 0.0857. The van der Waals surface area contributed by atoms with Gasteiger partial charge in [0, 0.05) is 25.7 Å². The summed E-state index contributed by atoms with van der Waals surface area (Å²) in [7, 11) is 0. The number of halogens is 2. The molecule has 2 heterocycles. The van der Waals surface area contributed by atoms with Crippen LogP contribution in [0.3, 0.4) is 0 Å². The number of hydrogen-bond acceptors (Lipinski definition) is 3. The first-order valence-electron chi connectivity index (χ1n) is 9.99. The van der Waals surface area contributed by atoms with E-state index in [2.05, 4.69) is 41.6 Å². The Morgan fingerprint density at radius 1 is 1.26 bits per heavy atom. The summed E-state index contributed by atoms with van der Waals surface area (Å²) < 4.78 is 16.2. The highest BCUT2D eigenvalue weighted by Crippen LogP contribution is 2.32. The van der Waals surface area contributed by atoms with Gasteiger partial charge < -0.3 is 0 Å². The fourth-order valence-electron chi connectivity index (χ4n) is 4.51. The molecule has 2 aromatic rings. The molecule has 0 saturated carbocycles. The third-order valence-electron chi connectivity index (χ3n) is 5.54. The summed E-state index contributed by atoms with van der Waals surface area (Å²) in [6, 6.07) is 3.01. The highest BCUT2D eigenvalue weighted by atomic mass is 79.9. The zero-order valence-electron chi connectivity index (χ0n) is 16.6. The largest absolute Gasteiger partial charge is 0.295 e. The van der Waals surface area contributed by atoms with Gasteiger partial charge in [-0.3, -0.25) is 14.3 Å². The van der Waals surface area contributed by atoms with E-state index in [4.69, 9.17) is 4.98 Å². The first kappa shape index (κ1) is 20.5. The summed E-state index contributed by atoms with van der Waals surface area (Å²) in [5.41, 5.74) is 0.358. The number of piperidine rings is 1. The molecule has 1 aromatic heterocycles. The molecule has 1 aliphatic heterocycles. The highest BCUT2D eigenvalue weighted by Gasteiger charge is 2.31. The van der Waals surface area contributed by atoms with Crippen LogP contribution in [0.1, 0.15) is 58.8 Å². The lowest BCUT2D eigenvalue weighted by Gasteiger charge is -2.40. The lowest BCUT2D eigenvalue weighted by molar-refractivity contribution is 0.0836. The van der Waals surface area contributed by atoms with Crippen LogP contribution in [0, 0.1) is 17.7 Å². The molecule has 3 atom stereocenters. The molecule has 4 nitrogen and oxygen atoms in total. The van der Waals surface area contributed by atoms with Gasteiger partial charge in [-0.05, 0) is 53.6 Å². The normalized spacial score (nSPS) is 22.3. The van der Waals surface area contributed by atoms with Crippen molar-refractivity contribution >= 4 is 26.8 Å². The summed E-state index contributed by atoms with van der Waals surface area (Å²) >= 11 is 3.19. The molecular weight excluding hydrogens is 409 g/mol. The minimum Gasteiger partial charge on any atom is -0.295 e. The van der Waals surface area contributed by atoms with Gasteiger partial charge in [0.2, 0.25) is 0 Å². The van der Waals surface area contributed by atoms with Gasteiger partial charge in [-0.2, -0.15) is 0 Å². The zero-order valence-corrected chi connectivity index (χ0v) is 18.2. The van der Waals surface area contributed by atoms with Crippen molar-refractivity contribution in [3.8, 4) is 0 Å². The van der Waals surface area contributed by atoms with Crippen molar-refractivity contribution in [1.29, 1.82) is 0 Å². The molecule has 27 heavy (non-hydrogen) atoms. The molecule has 1 fully saturated rings. The first-order valence-corrected chi connectivity index (χ1v) is 10.8. The quantitative estimate of drug-likeness (QED) is 0.649. The Kier molecular flexibility index (Phi) is 6.36. The Morgan fingerprint density at radius 2 is 1.93 bits per heavy atom. The SMILES string of the molecule is CCCC(c1nc2cc(F)c(Br)cc2c(=O)n1CC)N1C[C@H](C)C[C@H](C)C1. The number of nitrogens with zero attached hydrogens (tertiary/aromatic N) is 3. The number of hydrogen-bond donors (Lipinski definition) is 0. The van der Waals surface area contributed by atoms with Gasteiger partial charge in [0.05, 0.1) is 21.4 Å². The summed E-state index contributed by atoms with van der Waals surface area (Å²) in [5.74, 6) is 1.65. The van der Waals surface area contributed by atoms with E-state index in [1.165, 1.54) is 12.5 Å². The van der Waals surface area contributed by atoms with Crippen LogP contribution in [0.4, 0.5) is 4.39 Å². The van der Waals surface area contributed by atoms with Crippen LogP contribution >= 0.6 is 15.9 Å². The van der Waals surface area contributed by atoms with Gasteiger partial charge in [-0.25, -0.2) is 9.37 Å². The highest BCUT2D eigenvalue weighted by molar-refractivity contribution is 9.10. The molecule has 1 aromatic carbocycles. The van der Waals surface area contributed by atoms with Gasteiger partial charge in [0.1, 0.15) is 11.6 Å². The first-order chi connectivity index (χ1) is 12.8. The van der Waals surface area contributed by atoms with Crippen LogP contribution in [0.25, 0.3) is 10.9 Å². The molecule has 1 saturated heterocycles. The van der Waals surface area contributed by atoms with Gasteiger partial charge in [-0.15, -0.1) is 0 Å². The molecule has 6 heteroatoms. The topological polar surface area (TPSA) is 38.1 Å². The second-order valence-electron chi connectivity index (χ2n) is 8.01. The predicted molar refractivity (Wildman–Crippen MR) is 112 cm³/mol. The molecule has 3 rings (SSSR count). The van der Waals surface area contributed by atoms with E-state index in [9.17, 15) is 9.18 Å². The fourth-order valence-corrected chi connectivity index (χ4v) is 4.85. The van der Waals surface area contributed by atoms with Gasteiger partial charge in [0.25, 0.3) is 5.56 Å². The molecule has 1 aliphatic rings. The third kappa shape index (κ3) is 4.11. The number of likely N-dealkylation sites (tertiary alicyclic amines) is 1. The maximum atomic E-state index is 14.1. The van der Waals surface area contributed by atoms with Gasteiger partial charge >= 0.3 is 0 Å². The van der Waals surface area contributed by atoms with Crippen molar-refractivity contribution in [3.05, 3.63) is 38.6 Å². The van der Waals surface area contributed by atoms with E-state index in [-0.39, 0.29) is 17.4 Å². The maximum Gasteiger partial charge on any atom is 0.261 e. The van der Waals surface area contributed by atoms with Crippen molar-refractivity contribution in [1.82, 2.24) is 14.5 Å². The zero-order chi connectivity index (χ0) is 19.7. The molecule has 1 unspecified atom stereocenters. The van der Waals surface area contributed by atoms with E-state index in [1.807, 2.05) is 6.92 Å². The smallest absolute Gasteiger partial charge is 0.261 e. The Morgan fingerprint density at radius 3 is 2.52 bits per heavy atom. The fraction of sp³-hybridized carbons (Fsp3) is 0.619. The summed E-state index contributed by atoms with van der Waals surface area (Å²) in [4.78, 5) is 20.4. The average molecular weight is 438 g/mol. The van der Waals surface area contributed by atoms with Gasteiger partial charge in [0.15, 0.2) is 0 Å². The van der Waals surface area contributed by atoms with Crippen molar-refractivity contribution in [2.75, 3.05) is 13.1 Å². The minimum atomic E-state index is -0.387. The summed E-state index contributed by atoms with van der Waals surface area (Å²) in [6.07, 6.45) is 3.19. The monoisotopic (exact) mass is 437 g/mol. The number of benzene rings is 1. The van der Waals surface area contributed by atoms with Crippen LogP contribution in [-0.4, -0.2) is 27.5 Å². The molecule has 0 spiro atoms. The Balaban J connectivity index is 2.16. The van der Waals surface area contributed by atoms with Crippen molar-refractivity contribution < 1.29 is 4.39 Å². The summed E-state index contributed by atoms with van der Waals surface area (Å²) in [6.45, 7) is 11.3. The van der Waals surface area contributed by atoms with E-state index in [1.54, 1.807) is 10.6 Å². The Hall–Kier alpha value is -1.27. The summed E-state index contributed by atoms with van der Waals surface area (Å²) in [5, 5.41) is 0.463. The Labute approximate surface area is 168 Å². The standard InChI is InChI=1S/C21H29BrFN3O/c1-5-7-19(25-11-13(3)8-14(4)12-25)20-24-18-10-17(23)16(22)9-15(18)21(27)26(20)6-2/h9-10,13-14,19H,5-8,11-12H2,1-4H3/t13-,14+,19?. The molecule has 0 radical (unpaired) electrons. The molecule has 0 N–H and O–H groups in total. The lowest BCUT2D eigenvalue weighted by Crippen LogP contribution is -2.43. The number of aromatic nitrogens is 2. The van der Waals surface area contributed by atoms with E-state index < -0.39 is 0 Å². The molecular formula is C21H29BrFN3O. The Bertz CT molecular complexity index is 872. The van der Waals surface area contributed by atoms with Crippen LogP contribution in [0.15, 0.2) is 21.4 Å². The van der Waals surface area contributed by atoms with Crippen LogP contribution in [-0.2, 0) is 6.54 Å². The third-order valence-corrected chi connectivity index (χ3v) is 6.15. The lowest BCUT2D eigenvalue weighted by atomic mass is 9.90.